The van der Waals surface area contributed by atoms with E-state index in [0.717, 1.165) is 43.5 Å². The Balaban J connectivity index is 1.45. The maximum atomic E-state index is 13.7. The number of fused-ring (bicyclic) bond motifs is 1. The number of carbonyl (C=O) groups excluding carboxylic acids is 2. The van der Waals surface area contributed by atoms with Crippen molar-refractivity contribution in [1.82, 2.24) is 20.5 Å². The lowest BCUT2D eigenvalue weighted by molar-refractivity contribution is -0.146. The van der Waals surface area contributed by atoms with Crippen molar-refractivity contribution in [3.8, 4) is 0 Å². The highest BCUT2D eigenvalue weighted by Gasteiger charge is 2.66. The zero-order valence-electron chi connectivity index (χ0n) is 19.7. The fourth-order valence-corrected chi connectivity index (χ4v) is 5.98. The third-order valence-electron chi connectivity index (χ3n) is 7.85. The zero-order valence-corrected chi connectivity index (χ0v) is 19.7. The van der Waals surface area contributed by atoms with Gasteiger partial charge in [-0.3, -0.25) is 9.59 Å². The standard InChI is InChI=1S/C25H39N5O2/c1-3-27-21(14-18-8-5-4-6-9-18)23(31)30-13-7-10-20-15-25(20,30)24(32)28-16-19-11-12-22(26)29-17(19)2/h11-12,18,20-21,27H,3-10,13-16H2,1-2H3,(H2,26,29)(H,28,32)/t20-,21-,25+/m1/s1. The number of pyridine rings is 1. The maximum absolute atomic E-state index is 13.7. The largest absolute Gasteiger partial charge is 0.384 e. The molecule has 0 spiro atoms. The maximum Gasteiger partial charge on any atom is 0.246 e. The Morgan fingerprint density at radius 1 is 1.22 bits per heavy atom. The molecule has 1 aromatic rings. The topological polar surface area (TPSA) is 100 Å². The summed E-state index contributed by atoms with van der Waals surface area (Å²) in [6.45, 7) is 5.81. The van der Waals surface area contributed by atoms with Crippen LogP contribution in [0.25, 0.3) is 0 Å². The first-order valence-corrected chi connectivity index (χ1v) is 12.5. The molecule has 1 aromatic heterocycles. The number of amides is 2. The fraction of sp³-hybridized carbons (Fsp3) is 0.720. The second-order valence-electron chi connectivity index (χ2n) is 9.97. The first kappa shape index (κ1) is 23.0. The van der Waals surface area contributed by atoms with E-state index < -0.39 is 5.54 Å². The van der Waals surface area contributed by atoms with Gasteiger partial charge in [-0.1, -0.05) is 45.1 Å². The zero-order chi connectivity index (χ0) is 22.7. The van der Waals surface area contributed by atoms with E-state index in [9.17, 15) is 9.59 Å². The molecule has 0 aromatic carbocycles. The predicted molar refractivity (Wildman–Crippen MR) is 126 cm³/mol. The minimum Gasteiger partial charge on any atom is -0.384 e. The van der Waals surface area contributed by atoms with Gasteiger partial charge >= 0.3 is 0 Å². The first-order valence-electron chi connectivity index (χ1n) is 12.5. The van der Waals surface area contributed by atoms with E-state index in [-0.39, 0.29) is 23.8 Å². The number of aryl methyl sites for hydroxylation is 1. The van der Waals surface area contributed by atoms with Crippen LogP contribution in [0.15, 0.2) is 12.1 Å². The molecule has 32 heavy (non-hydrogen) atoms. The number of hydrogen-bond donors (Lipinski definition) is 3. The molecule has 1 saturated heterocycles. The Kier molecular flexibility index (Phi) is 7.03. The monoisotopic (exact) mass is 441 g/mol. The van der Waals surface area contributed by atoms with E-state index in [2.05, 4.69) is 22.5 Å². The van der Waals surface area contributed by atoms with Crippen LogP contribution in [-0.2, 0) is 16.1 Å². The van der Waals surface area contributed by atoms with E-state index in [1.165, 1.54) is 32.1 Å². The number of anilines is 1. The molecule has 2 heterocycles. The predicted octanol–water partition coefficient (Wildman–Crippen LogP) is 2.92. The highest BCUT2D eigenvalue weighted by Crippen LogP contribution is 2.54. The lowest BCUT2D eigenvalue weighted by atomic mass is 9.84. The van der Waals surface area contributed by atoms with Crippen LogP contribution in [0.2, 0.25) is 0 Å². The summed E-state index contributed by atoms with van der Waals surface area (Å²) in [5, 5.41) is 6.56. The Bertz CT molecular complexity index is 838. The lowest BCUT2D eigenvalue weighted by Crippen LogP contribution is -2.59. The molecule has 3 aliphatic rings. The average molecular weight is 442 g/mol. The normalized spacial score (nSPS) is 26.3. The quantitative estimate of drug-likeness (QED) is 0.576. The Hall–Kier alpha value is -2.15. The number of likely N-dealkylation sites (tertiary alicyclic amines) is 1. The van der Waals surface area contributed by atoms with E-state index in [0.29, 0.717) is 24.8 Å². The molecular formula is C25H39N5O2. The second-order valence-corrected chi connectivity index (χ2v) is 9.97. The van der Waals surface area contributed by atoms with Gasteiger partial charge in [0.25, 0.3) is 0 Å². The molecule has 4 N–H and O–H groups in total. The molecule has 4 rings (SSSR count). The number of nitrogen functional groups attached to an aromatic ring is 1. The van der Waals surface area contributed by atoms with Crippen LogP contribution in [0, 0.1) is 18.8 Å². The molecule has 3 atom stereocenters. The van der Waals surface area contributed by atoms with Crippen molar-refractivity contribution < 1.29 is 9.59 Å². The molecule has 2 amide bonds. The van der Waals surface area contributed by atoms with E-state index in [1.54, 1.807) is 6.07 Å². The molecular weight excluding hydrogens is 402 g/mol. The van der Waals surface area contributed by atoms with Crippen molar-refractivity contribution in [3.05, 3.63) is 23.4 Å². The summed E-state index contributed by atoms with van der Waals surface area (Å²) in [6, 6.07) is 3.49. The van der Waals surface area contributed by atoms with E-state index in [1.807, 2.05) is 17.9 Å². The fourth-order valence-electron chi connectivity index (χ4n) is 5.98. The number of hydrogen-bond acceptors (Lipinski definition) is 5. The third kappa shape index (κ3) is 4.63. The van der Waals surface area contributed by atoms with E-state index in [4.69, 9.17) is 5.73 Å². The van der Waals surface area contributed by atoms with Crippen LogP contribution in [0.1, 0.15) is 76.0 Å². The number of piperidine rings is 1. The van der Waals surface area contributed by atoms with Gasteiger partial charge in [-0.25, -0.2) is 4.98 Å². The third-order valence-corrected chi connectivity index (χ3v) is 7.85. The molecule has 7 nitrogen and oxygen atoms in total. The van der Waals surface area contributed by atoms with Crippen LogP contribution in [-0.4, -0.2) is 46.4 Å². The van der Waals surface area contributed by atoms with Gasteiger partial charge in [0.1, 0.15) is 11.4 Å². The van der Waals surface area contributed by atoms with Crippen molar-refractivity contribution in [2.45, 2.75) is 89.8 Å². The number of nitrogens with one attached hydrogen (secondary N) is 2. The van der Waals surface area contributed by atoms with Gasteiger partial charge in [0.15, 0.2) is 0 Å². The van der Waals surface area contributed by atoms with Gasteiger partial charge in [0, 0.05) is 18.8 Å². The molecule has 3 fully saturated rings. The first-order chi connectivity index (χ1) is 15.5. The Labute approximate surface area is 191 Å². The van der Waals surface area contributed by atoms with Gasteiger partial charge in [-0.05, 0) is 62.6 Å². The summed E-state index contributed by atoms with van der Waals surface area (Å²) in [7, 11) is 0. The van der Waals surface area contributed by atoms with Gasteiger partial charge < -0.3 is 21.3 Å². The summed E-state index contributed by atoms with van der Waals surface area (Å²) >= 11 is 0. The van der Waals surface area contributed by atoms with Crippen LogP contribution in [0.3, 0.4) is 0 Å². The SMILES string of the molecule is CCN[C@H](CC1CCCCC1)C(=O)N1CCC[C@@H]2C[C@@]21C(=O)NCc1ccc(N)nc1C. The second kappa shape index (κ2) is 9.77. The molecule has 2 aliphatic carbocycles. The summed E-state index contributed by atoms with van der Waals surface area (Å²) in [4.78, 5) is 33.4. The number of aromatic nitrogens is 1. The molecule has 1 aliphatic heterocycles. The summed E-state index contributed by atoms with van der Waals surface area (Å²) in [6.07, 6.45) is 9.98. The number of carbonyl (C=O) groups is 2. The van der Waals surface area contributed by atoms with Gasteiger partial charge in [0.05, 0.1) is 6.04 Å². The molecule has 0 bridgehead atoms. The molecule has 7 heteroatoms. The minimum absolute atomic E-state index is 0.0142. The number of likely N-dealkylation sites (N-methyl/N-ethyl adjacent to an activating group) is 1. The molecule has 0 radical (unpaired) electrons. The highest BCUT2D eigenvalue weighted by molar-refractivity contribution is 5.96. The van der Waals surface area contributed by atoms with Crippen molar-refractivity contribution in [2.24, 2.45) is 11.8 Å². The van der Waals surface area contributed by atoms with Gasteiger partial charge in [0.2, 0.25) is 11.8 Å². The average Bonchev–Trinajstić information content (AvgIpc) is 3.54. The van der Waals surface area contributed by atoms with Crippen molar-refractivity contribution in [1.29, 1.82) is 0 Å². The number of nitrogens with zero attached hydrogens (tertiary/aromatic N) is 2. The van der Waals surface area contributed by atoms with E-state index >= 15 is 0 Å². The minimum atomic E-state index is -0.662. The Morgan fingerprint density at radius 3 is 2.72 bits per heavy atom. The summed E-state index contributed by atoms with van der Waals surface area (Å²) < 4.78 is 0. The summed E-state index contributed by atoms with van der Waals surface area (Å²) in [5.41, 5.74) is 6.87. The van der Waals surface area contributed by atoms with Crippen molar-refractivity contribution in [3.63, 3.8) is 0 Å². The van der Waals surface area contributed by atoms with Crippen LogP contribution < -0.4 is 16.4 Å². The smallest absolute Gasteiger partial charge is 0.246 e. The van der Waals surface area contributed by atoms with Gasteiger partial charge in [-0.15, -0.1) is 0 Å². The molecule has 176 valence electrons. The number of rotatable bonds is 8. The van der Waals surface area contributed by atoms with Crippen LogP contribution in [0.5, 0.6) is 0 Å². The highest BCUT2D eigenvalue weighted by atomic mass is 16.2. The summed E-state index contributed by atoms with van der Waals surface area (Å²) in [5.74, 6) is 1.49. The van der Waals surface area contributed by atoms with Crippen molar-refractivity contribution in [2.75, 3.05) is 18.8 Å². The lowest BCUT2D eigenvalue weighted by Gasteiger charge is -2.38. The van der Waals surface area contributed by atoms with Crippen LogP contribution in [0.4, 0.5) is 5.82 Å². The molecule has 2 saturated carbocycles. The van der Waals surface area contributed by atoms with Gasteiger partial charge in [-0.2, -0.15) is 0 Å². The molecule has 0 unspecified atom stereocenters. The van der Waals surface area contributed by atoms with Crippen molar-refractivity contribution >= 4 is 17.6 Å². The number of nitrogens with two attached hydrogens (primary N) is 1. The van der Waals surface area contributed by atoms with Crippen LogP contribution >= 0.6 is 0 Å². The Morgan fingerprint density at radius 2 is 2.00 bits per heavy atom.